The summed E-state index contributed by atoms with van der Waals surface area (Å²) in [4.78, 5) is 9.14. The average molecular weight is 506 g/mol. The van der Waals surface area contributed by atoms with Crippen LogP contribution in [0.4, 0.5) is 24.5 Å². The molecule has 0 amide bonds. The fraction of sp³-hybridized carbons (Fsp3) is 0.478. The molecule has 0 aromatic heterocycles. The van der Waals surface area contributed by atoms with Crippen LogP contribution in [0, 0.1) is 0 Å². The normalized spacial score (nSPS) is 22.6. The molecular weight excluding hydrogens is 478 g/mol. The van der Waals surface area contributed by atoms with E-state index in [1.165, 1.54) is 25.0 Å². The van der Waals surface area contributed by atoms with Crippen LogP contribution in [0.3, 0.4) is 0 Å². The van der Waals surface area contributed by atoms with E-state index in [4.69, 9.17) is 0 Å². The Bertz CT molecular complexity index is 929. The smallest absolute Gasteiger partial charge is 0.340 e. The fourth-order valence-corrected chi connectivity index (χ4v) is 6.30. The van der Waals surface area contributed by atoms with Crippen molar-refractivity contribution in [2.75, 3.05) is 38.1 Å². The van der Waals surface area contributed by atoms with Crippen LogP contribution >= 0.6 is 36.6 Å². The molecule has 2 aromatic carbocycles. The average Bonchev–Trinajstić information content (AvgIpc) is 2.95. The molecule has 9 heteroatoms. The molecule has 2 fully saturated rings. The molecule has 0 N–H and O–H groups in total. The van der Waals surface area contributed by atoms with Gasteiger partial charge in [0.05, 0.1) is 16.9 Å². The molecule has 0 saturated carbocycles. The molecule has 3 nitrogen and oxygen atoms in total. The maximum absolute atomic E-state index is 13.4. The largest absolute Gasteiger partial charge is 0.416 e. The van der Waals surface area contributed by atoms with Crippen LogP contribution < -0.4 is 4.90 Å². The van der Waals surface area contributed by atoms with Gasteiger partial charge in [-0.3, -0.25) is 4.90 Å². The summed E-state index contributed by atoms with van der Waals surface area (Å²) >= 11 is 1.55. The Labute approximate surface area is 204 Å². The summed E-state index contributed by atoms with van der Waals surface area (Å²) in [7, 11) is 2.19. The highest BCUT2D eigenvalue weighted by atomic mass is 35.5. The summed E-state index contributed by atoms with van der Waals surface area (Å²) in [6, 6.07) is 13.4. The topological polar surface area (TPSA) is 9.72 Å². The van der Waals surface area contributed by atoms with Gasteiger partial charge in [0.15, 0.2) is 0 Å². The number of hydrogen-bond donors (Lipinski definition) is 0. The molecule has 2 saturated heterocycles. The summed E-state index contributed by atoms with van der Waals surface area (Å²) in [5, 5.41) is 0. The van der Waals surface area contributed by atoms with Crippen LogP contribution in [0.25, 0.3) is 0 Å². The molecule has 3 aliphatic rings. The van der Waals surface area contributed by atoms with Gasteiger partial charge < -0.3 is 9.80 Å². The summed E-state index contributed by atoms with van der Waals surface area (Å²) in [6.45, 7) is 3.97. The van der Waals surface area contributed by atoms with Crippen molar-refractivity contribution in [3.8, 4) is 0 Å². The molecule has 3 heterocycles. The van der Waals surface area contributed by atoms with Gasteiger partial charge in [-0.15, -0.1) is 24.8 Å². The first-order valence-corrected chi connectivity index (χ1v) is 11.4. The Morgan fingerprint density at radius 1 is 0.906 bits per heavy atom. The van der Waals surface area contributed by atoms with Crippen LogP contribution in [-0.2, 0) is 6.18 Å². The van der Waals surface area contributed by atoms with Crippen molar-refractivity contribution >= 4 is 48.0 Å². The van der Waals surface area contributed by atoms with E-state index in [0.717, 1.165) is 48.1 Å². The lowest BCUT2D eigenvalue weighted by molar-refractivity contribution is -0.137. The number of halogens is 5. The molecule has 176 valence electrons. The number of fused-ring (bicyclic) bond motifs is 4. The van der Waals surface area contributed by atoms with Crippen molar-refractivity contribution in [2.45, 2.75) is 47.3 Å². The summed E-state index contributed by atoms with van der Waals surface area (Å²) in [6.07, 6.45) is -0.876. The van der Waals surface area contributed by atoms with E-state index >= 15 is 0 Å². The fourth-order valence-electron chi connectivity index (χ4n) is 5.22. The quantitative estimate of drug-likeness (QED) is 0.480. The number of alkyl halides is 3. The SMILES string of the molecule is CN1CC2CCC(C1)N2CCCN1c2ccccc2Sc2ccc(C(F)(F)F)cc21.Cl.Cl. The second kappa shape index (κ2) is 10.0. The lowest BCUT2D eigenvalue weighted by atomic mass is 10.1. The van der Waals surface area contributed by atoms with E-state index in [2.05, 4.69) is 21.7 Å². The summed E-state index contributed by atoms with van der Waals surface area (Å²) < 4.78 is 40.1. The molecule has 0 aliphatic carbocycles. The molecule has 2 aromatic rings. The second-order valence-corrected chi connectivity index (χ2v) is 9.68. The van der Waals surface area contributed by atoms with Gasteiger partial charge in [0.2, 0.25) is 0 Å². The lowest BCUT2D eigenvalue weighted by Gasteiger charge is -2.40. The minimum absolute atomic E-state index is 0. The van der Waals surface area contributed by atoms with Gasteiger partial charge in [-0.1, -0.05) is 23.9 Å². The Hall–Kier alpha value is -1.12. The number of likely N-dealkylation sites (tertiary alicyclic amines) is 1. The van der Waals surface area contributed by atoms with Crippen LogP contribution in [0.2, 0.25) is 0 Å². The van der Waals surface area contributed by atoms with Gasteiger partial charge in [0.25, 0.3) is 0 Å². The molecule has 32 heavy (non-hydrogen) atoms. The molecule has 0 spiro atoms. The van der Waals surface area contributed by atoms with E-state index in [-0.39, 0.29) is 24.8 Å². The number of para-hydroxylation sites is 1. The zero-order chi connectivity index (χ0) is 20.9. The van der Waals surface area contributed by atoms with Crippen molar-refractivity contribution in [3.05, 3.63) is 48.0 Å². The Kier molecular flexibility index (Phi) is 7.98. The van der Waals surface area contributed by atoms with Gasteiger partial charge in [0, 0.05) is 48.1 Å². The molecule has 0 radical (unpaired) electrons. The van der Waals surface area contributed by atoms with Crippen LogP contribution in [0.15, 0.2) is 52.3 Å². The zero-order valence-electron chi connectivity index (χ0n) is 17.8. The first-order chi connectivity index (χ1) is 14.4. The summed E-state index contributed by atoms with van der Waals surface area (Å²) in [5.74, 6) is 0. The molecule has 2 atom stereocenters. The minimum atomic E-state index is -4.33. The number of piperazine rings is 1. The Morgan fingerprint density at radius 3 is 2.25 bits per heavy atom. The lowest BCUT2D eigenvalue weighted by Crippen LogP contribution is -2.52. The number of rotatable bonds is 4. The van der Waals surface area contributed by atoms with Crippen LogP contribution in [-0.4, -0.2) is 55.1 Å². The van der Waals surface area contributed by atoms with Crippen molar-refractivity contribution in [2.24, 2.45) is 0 Å². The first-order valence-electron chi connectivity index (χ1n) is 10.6. The second-order valence-electron chi connectivity index (χ2n) is 8.60. The van der Waals surface area contributed by atoms with Gasteiger partial charge >= 0.3 is 6.18 Å². The predicted molar refractivity (Wildman–Crippen MR) is 129 cm³/mol. The van der Waals surface area contributed by atoms with Crippen LogP contribution in [0.5, 0.6) is 0 Å². The van der Waals surface area contributed by atoms with E-state index in [9.17, 15) is 13.2 Å². The summed E-state index contributed by atoms with van der Waals surface area (Å²) in [5.41, 5.74) is 1.11. The highest BCUT2D eigenvalue weighted by Crippen LogP contribution is 2.49. The van der Waals surface area contributed by atoms with E-state index < -0.39 is 11.7 Å². The highest BCUT2D eigenvalue weighted by molar-refractivity contribution is 7.99. The highest BCUT2D eigenvalue weighted by Gasteiger charge is 2.38. The number of likely N-dealkylation sites (N-methyl/N-ethyl adjacent to an activating group) is 1. The predicted octanol–water partition coefficient (Wildman–Crippen LogP) is 6.32. The van der Waals surface area contributed by atoms with Gasteiger partial charge in [-0.25, -0.2) is 0 Å². The molecule has 2 bridgehead atoms. The maximum atomic E-state index is 13.4. The molecule has 3 aliphatic heterocycles. The van der Waals surface area contributed by atoms with Gasteiger partial charge in [-0.05, 0) is 56.6 Å². The number of anilines is 2. The third kappa shape index (κ3) is 4.87. The Morgan fingerprint density at radius 2 is 1.56 bits per heavy atom. The minimum Gasteiger partial charge on any atom is -0.340 e. The van der Waals surface area contributed by atoms with Gasteiger partial charge in [-0.2, -0.15) is 13.2 Å². The molecular formula is C23H28Cl2F3N3S. The van der Waals surface area contributed by atoms with E-state index in [1.54, 1.807) is 17.8 Å². The molecule has 2 unspecified atom stereocenters. The first kappa shape index (κ1) is 25.5. The van der Waals surface area contributed by atoms with Crippen molar-refractivity contribution < 1.29 is 13.2 Å². The zero-order valence-corrected chi connectivity index (χ0v) is 20.3. The Balaban J connectivity index is 0.00000144. The maximum Gasteiger partial charge on any atom is 0.416 e. The molecule has 5 rings (SSSR count). The van der Waals surface area contributed by atoms with Crippen molar-refractivity contribution in [1.29, 1.82) is 0 Å². The monoisotopic (exact) mass is 505 g/mol. The number of benzene rings is 2. The van der Waals surface area contributed by atoms with Gasteiger partial charge in [0.1, 0.15) is 0 Å². The van der Waals surface area contributed by atoms with E-state index in [0.29, 0.717) is 17.8 Å². The van der Waals surface area contributed by atoms with Crippen molar-refractivity contribution in [1.82, 2.24) is 9.80 Å². The standard InChI is InChI=1S/C23H26F3N3S.2ClH/c1-27-14-17-8-9-18(15-27)28(17)11-4-12-29-19-5-2-3-6-21(19)30-22-10-7-16(13-20(22)29)23(24,25)26;;/h2-3,5-7,10,13,17-18H,4,8-9,11-12,14-15H2,1H3;2*1H. The van der Waals surface area contributed by atoms with Crippen LogP contribution in [0.1, 0.15) is 24.8 Å². The third-order valence-electron chi connectivity index (χ3n) is 6.57. The van der Waals surface area contributed by atoms with E-state index in [1.807, 2.05) is 24.3 Å². The number of hydrogen-bond acceptors (Lipinski definition) is 4. The van der Waals surface area contributed by atoms with Crippen molar-refractivity contribution in [3.63, 3.8) is 0 Å². The third-order valence-corrected chi connectivity index (χ3v) is 7.70. The number of nitrogens with zero attached hydrogens (tertiary/aromatic N) is 3.